The Morgan fingerprint density at radius 2 is 1.92 bits per heavy atom. The molecule has 0 spiro atoms. The molecule has 0 radical (unpaired) electrons. The van der Waals surface area contributed by atoms with E-state index in [2.05, 4.69) is 11.4 Å². The van der Waals surface area contributed by atoms with Gasteiger partial charge in [0.15, 0.2) is 9.84 Å². The first-order chi connectivity index (χ1) is 11.3. The highest BCUT2D eigenvalue weighted by atomic mass is 32.2. The maximum absolute atomic E-state index is 12.7. The molecule has 0 fully saturated rings. The number of nitrogens with one attached hydrogen (secondary N) is 1. The number of ketones is 2. The smallest absolute Gasteiger partial charge is 0.211 e. The quantitative estimate of drug-likeness (QED) is 0.850. The van der Waals surface area contributed by atoms with Crippen molar-refractivity contribution in [1.82, 2.24) is 5.32 Å². The van der Waals surface area contributed by atoms with Crippen LogP contribution in [-0.2, 0) is 16.3 Å². The molecule has 1 N–H and O–H groups in total. The van der Waals surface area contributed by atoms with Crippen molar-refractivity contribution >= 4 is 21.4 Å². The lowest BCUT2D eigenvalue weighted by molar-refractivity contribution is 0.0973. The van der Waals surface area contributed by atoms with Crippen LogP contribution in [0.15, 0.2) is 40.5 Å². The van der Waals surface area contributed by atoms with Crippen LogP contribution in [0.25, 0.3) is 0 Å². The Morgan fingerprint density at radius 3 is 2.62 bits per heavy atom. The van der Waals surface area contributed by atoms with E-state index in [1.807, 2.05) is 13.8 Å². The maximum atomic E-state index is 12.7. The summed E-state index contributed by atoms with van der Waals surface area (Å²) in [6.45, 7) is 4.20. The molecule has 24 heavy (non-hydrogen) atoms. The van der Waals surface area contributed by atoms with Gasteiger partial charge < -0.3 is 5.32 Å². The molecule has 1 aliphatic heterocycles. The first-order valence-electron chi connectivity index (χ1n) is 7.88. The van der Waals surface area contributed by atoms with E-state index >= 15 is 0 Å². The molecule has 0 amide bonds. The van der Waals surface area contributed by atoms with Crippen LogP contribution in [-0.4, -0.2) is 32.3 Å². The van der Waals surface area contributed by atoms with Gasteiger partial charge in [0.05, 0.1) is 5.75 Å². The van der Waals surface area contributed by atoms with Gasteiger partial charge in [-0.15, -0.1) is 0 Å². The van der Waals surface area contributed by atoms with Crippen LogP contribution < -0.4 is 5.32 Å². The fourth-order valence-corrected chi connectivity index (χ4v) is 4.45. The van der Waals surface area contributed by atoms with Gasteiger partial charge in [0.2, 0.25) is 11.6 Å². The molecule has 1 aromatic rings. The SMILES string of the molecule is CC(C)=CCCc1ccc2c(c1)C(=O)C1=C(C2=O)S(=O)(=O)CCN1. The molecule has 0 unspecified atom stereocenters. The molecular weight excluding hydrogens is 326 g/mol. The van der Waals surface area contributed by atoms with Crippen LogP contribution in [0.1, 0.15) is 46.5 Å². The Kier molecular flexibility index (Phi) is 4.17. The van der Waals surface area contributed by atoms with Crippen LogP contribution in [0.2, 0.25) is 0 Å². The third-order valence-electron chi connectivity index (χ3n) is 4.20. The van der Waals surface area contributed by atoms with Gasteiger partial charge in [-0.1, -0.05) is 17.7 Å². The number of carbonyl (C=O) groups excluding carboxylic acids is 2. The van der Waals surface area contributed by atoms with Crippen molar-refractivity contribution < 1.29 is 18.0 Å². The van der Waals surface area contributed by atoms with E-state index < -0.39 is 21.4 Å². The number of allylic oxidation sites excluding steroid dienone is 4. The van der Waals surface area contributed by atoms with Crippen LogP contribution in [0.3, 0.4) is 0 Å². The fraction of sp³-hybridized carbons (Fsp3) is 0.333. The largest absolute Gasteiger partial charge is 0.380 e. The predicted octanol–water partition coefficient (Wildman–Crippen LogP) is 2.19. The van der Waals surface area contributed by atoms with Crippen molar-refractivity contribution in [2.45, 2.75) is 26.7 Å². The minimum Gasteiger partial charge on any atom is -0.380 e. The number of hydrogen-bond acceptors (Lipinski definition) is 5. The molecule has 0 saturated carbocycles. The molecular formula is C18H19NO4S. The number of fused-ring (bicyclic) bond motifs is 1. The van der Waals surface area contributed by atoms with Gasteiger partial charge in [-0.3, -0.25) is 9.59 Å². The summed E-state index contributed by atoms with van der Waals surface area (Å²) in [7, 11) is -3.70. The number of aryl methyl sites for hydroxylation is 1. The summed E-state index contributed by atoms with van der Waals surface area (Å²) < 4.78 is 24.4. The summed E-state index contributed by atoms with van der Waals surface area (Å²) in [5, 5.41) is 2.80. The van der Waals surface area contributed by atoms with E-state index in [4.69, 9.17) is 0 Å². The third kappa shape index (κ3) is 2.82. The Morgan fingerprint density at radius 1 is 1.17 bits per heavy atom. The molecule has 3 rings (SSSR count). The van der Waals surface area contributed by atoms with E-state index in [1.165, 1.54) is 5.57 Å². The van der Waals surface area contributed by atoms with E-state index in [0.717, 1.165) is 18.4 Å². The standard InChI is InChI=1S/C18H19NO4S/c1-11(2)4-3-5-12-6-7-13-14(10-12)16(20)15-18(17(13)21)24(22,23)9-8-19-15/h4,6-7,10,19H,3,5,8-9H2,1-2H3. The minimum atomic E-state index is -3.70. The molecule has 1 aliphatic carbocycles. The topological polar surface area (TPSA) is 80.3 Å². The minimum absolute atomic E-state index is 0.0693. The summed E-state index contributed by atoms with van der Waals surface area (Å²) in [5.41, 5.74) is 2.58. The van der Waals surface area contributed by atoms with Crippen molar-refractivity contribution in [3.63, 3.8) is 0 Å². The number of benzene rings is 1. The van der Waals surface area contributed by atoms with E-state index in [0.29, 0.717) is 0 Å². The van der Waals surface area contributed by atoms with Crippen molar-refractivity contribution in [3.05, 3.63) is 57.1 Å². The Hall–Kier alpha value is -2.21. The first kappa shape index (κ1) is 16.6. The monoisotopic (exact) mass is 345 g/mol. The molecule has 0 saturated heterocycles. The van der Waals surface area contributed by atoms with Crippen LogP contribution in [0.4, 0.5) is 0 Å². The normalized spacial score (nSPS) is 18.6. The molecule has 1 aromatic carbocycles. The van der Waals surface area contributed by atoms with Gasteiger partial charge in [0.25, 0.3) is 0 Å². The average Bonchev–Trinajstić information content (AvgIpc) is 2.51. The van der Waals surface area contributed by atoms with Gasteiger partial charge in [-0.05, 0) is 44.4 Å². The van der Waals surface area contributed by atoms with Crippen molar-refractivity contribution in [2.24, 2.45) is 0 Å². The van der Waals surface area contributed by atoms with E-state index in [-0.39, 0.29) is 34.0 Å². The maximum Gasteiger partial charge on any atom is 0.211 e. The van der Waals surface area contributed by atoms with Gasteiger partial charge in [-0.2, -0.15) is 0 Å². The molecule has 0 bridgehead atoms. The summed E-state index contributed by atoms with van der Waals surface area (Å²) in [5.74, 6) is -1.16. The van der Waals surface area contributed by atoms with Crippen LogP contribution in [0, 0.1) is 0 Å². The highest BCUT2D eigenvalue weighted by Crippen LogP contribution is 2.31. The van der Waals surface area contributed by atoms with Gasteiger partial charge in [0.1, 0.15) is 10.6 Å². The Bertz CT molecular complexity index is 903. The van der Waals surface area contributed by atoms with Crippen LogP contribution in [0.5, 0.6) is 0 Å². The van der Waals surface area contributed by atoms with Gasteiger partial charge in [0, 0.05) is 17.7 Å². The molecule has 126 valence electrons. The zero-order valence-corrected chi connectivity index (χ0v) is 14.5. The second-order valence-corrected chi connectivity index (χ2v) is 8.35. The number of carbonyl (C=O) groups is 2. The first-order valence-corrected chi connectivity index (χ1v) is 9.53. The van der Waals surface area contributed by atoms with Crippen molar-refractivity contribution in [3.8, 4) is 0 Å². The molecule has 1 heterocycles. The zero-order valence-electron chi connectivity index (χ0n) is 13.7. The van der Waals surface area contributed by atoms with Gasteiger partial charge >= 0.3 is 0 Å². The van der Waals surface area contributed by atoms with Gasteiger partial charge in [-0.25, -0.2) is 8.42 Å². The number of rotatable bonds is 3. The third-order valence-corrected chi connectivity index (χ3v) is 5.96. The number of hydrogen-bond donors (Lipinski definition) is 1. The van der Waals surface area contributed by atoms with Crippen molar-refractivity contribution in [2.75, 3.05) is 12.3 Å². The Balaban J connectivity index is 2.01. The summed E-state index contributed by atoms with van der Waals surface area (Å²) >= 11 is 0. The Labute approximate surface area is 141 Å². The zero-order chi connectivity index (χ0) is 17.5. The highest BCUT2D eigenvalue weighted by molar-refractivity contribution is 7.96. The van der Waals surface area contributed by atoms with Crippen LogP contribution >= 0.6 is 0 Å². The van der Waals surface area contributed by atoms with E-state index in [1.54, 1.807) is 18.2 Å². The van der Waals surface area contributed by atoms with E-state index in [9.17, 15) is 18.0 Å². The molecule has 2 aliphatic rings. The molecule has 0 atom stereocenters. The summed E-state index contributed by atoms with van der Waals surface area (Å²) in [4.78, 5) is 24.9. The van der Waals surface area contributed by atoms with Crippen molar-refractivity contribution in [1.29, 1.82) is 0 Å². The second-order valence-electron chi connectivity index (χ2n) is 6.31. The lowest BCUT2D eigenvalue weighted by Crippen LogP contribution is -2.40. The average molecular weight is 345 g/mol. The molecule has 6 heteroatoms. The predicted molar refractivity (Wildman–Crippen MR) is 91.7 cm³/mol. The second kappa shape index (κ2) is 6.02. The summed E-state index contributed by atoms with van der Waals surface area (Å²) in [6, 6.07) is 5.07. The number of Topliss-reactive ketones (excluding diaryl/α,β-unsaturated/α-hetero) is 2. The molecule has 5 nitrogen and oxygen atoms in total. The highest BCUT2D eigenvalue weighted by Gasteiger charge is 2.41. The molecule has 0 aromatic heterocycles. The lowest BCUT2D eigenvalue weighted by atomic mass is 9.90. The lowest BCUT2D eigenvalue weighted by Gasteiger charge is -2.25. The number of sulfone groups is 1. The summed E-state index contributed by atoms with van der Waals surface area (Å²) in [6.07, 6.45) is 3.73. The fourth-order valence-electron chi connectivity index (χ4n) is 3.00.